The number of carboxylic acid groups (broad SMARTS) is 1. The molecular formula is C14H21NO4. The van der Waals surface area contributed by atoms with Crippen LogP contribution in [-0.4, -0.2) is 37.9 Å². The number of carbonyl (C=O) groups is 1. The van der Waals surface area contributed by atoms with E-state index in [4.69, 9.17) is 9.47 Å². The SMILES string of the molecule is CCCOc1ccc(C(NCCOC)C(=O)O)cc1. The van der Waals surface area contributed by atoms with Gasteiger partial charge < -0.3 is 14.6 Å². The van der Waals surface area contributed by atoms with Crippen LogP contribution in [0.2, 0.25) is 0 Å². The zero-order chi connectivity index (χ0) is 14.1. The standard InChI is InChI=1S/C14H21NO4/c1-3-9-19-12-6-4-11(5-7-12)13(14(16)17)15-8-10-18-2/h4-7,13,15H,3,8-10H2,1-2H3,(H,16,17). The van der Waals surface area contributed by atoms with Gasteiger partial charge in [0.05, 0.1) is 13.2 Å². The normalized spacial score (nSPS) is 12.1. The highest BCUT2D eigenvalue weighted by molar-refractivity contribution is 5.75. The first kappa shape index (κ1) is 15.5. The number of hydrogen-bond donors (Lipinski definition) is 2. The summed E-state index contributed by atoms with van der Waals surface area (Å²) in [5.41, 5.74) is 0.701. The number of hydrogen-bond acceptors (Lipinski definition) is 4. The maximum atomic E-state index is 11.2. The first-order chi connectivity index (χ1) is 9.19. The number of methoxy groups -OCH3 is 1. The summed E-state index contributed by atoms with van der Waals surface area (Å²) in [6.45, 7) is 3.66. The lowest BCUT2D eigenvalue weighted by Crippen LogP contribution is -2.30. The predicted molar refractivity (Wildman–Crippen MR) is 72.5 cm³/mol. The molecule has 0 spiro atoms. The minimum absolute atomic E-state index is 0.474. The van der Waals surface area contributed by atoms with E-state index in [2.05, 4.69) is 5.32 Å². The van der Waals surface area contributed by atoms with Crippen LogP contribution in [0, 0.1) is 0 Å². The molecule has 0 bridgehead atoms. The van der Waals surface area contributed by atoms with E-state index >= 15 is 0 Å². The fourth-order valence-corrected chi connectivity index (χ4v) is 1.63. The summed E-state index contributed by atoms with van der Waals surface area (Å²) in [5.74, 6) is -0.148. The summed E-state index contributed by atoms with van der Waals surface area (Å²) in [7, 11) is 1.58. The number of nitrogens with one attached hydrogen (secondary N) is 1. The van der Waals surface area contributed by atoms with Gasteiger partial charge in [-0.1, -0.05) is 19.1 Å². The number of rotatable bonds is 9. The van der Waals surface area contributed by atoms with Crippen molar-refractivity contribution in [2.24, 2.45) is 0 Å². The molecule has 0 saturated carbocycles. The molecule has 0 aliphatic heterocycles. The smallest absolute Gasteiger partial charge is 0.325 e. The Hall–Kier alpha value is -1.59. The van der Waals surface area contributed by atoms with Crippen molar-refractivity contribution in [3.05, 3.63) is 29.8 Å². The molecule has 1 aromatic rings. The quantitative estimate of drug-likeness (QED) is 0.668. The molecule has 0 amide bonds. The molecule has 0 fully saturated rings. The minimum atomic E-state index is -0.904. The van der Waals surface area contributed by atoms with Crippen molar-refractivity contribution in [1.29, 1.82) is 0 Å². The van der Waals surface area contributed by atoms with Crippen LogP contribution in [0.1, 0.15) is 24.9 Å². The summed E-state index contributed by atoms with van der Waals surface area (Å²) < 4.78 is 10.4. The van der Waals surface area contributed by atoms with Gasteiger partial charge in [-0.2, -0.15) is 0 Å². The van der Waals surface area contributed by atoms with Gasteiger partial charge in [-0.05, 0) is 24.1 Å². The van der Waals surface area contributed by atoms with Crippen LogP contribution in [0.25, 0.3) is 0 Å². The van der Waals surface area contributed by atoms with Gasteiger partial charge >= 0.3 is 5.97 Å². The van der Waals surface area contributed by atoms with Crippen LogP contribution in [-0.2, 0) is 9.53 Å². The topological polar surface area (TPSA) is 67.8 Å². The van der Waals surface area contributed by atoms with Gasteiger partial charge in [0.25, 0.3) is 0 Å². The molecule has 19 heavy (non-hydrogen) atoms. The van der Waals surface area contributed by atoms with Gasteiger partial charge in [0.2, 0.25) is 0 Å². The Morgan fingerprint density at radius 3 is 2.53 bits per heavy atom. The summed E-state index contributed by atoms with van der Waals surface area (Å²) in [4.78, 5) is 11.2. The molecule has 1 unspecified atom stereocenters. The molecule has 0 radical (unpaired) electrons. The fourth-order valence-electron chi connectivity index (χ4n) is 1.63. The van der Waals surface area contributed by atoms with Crippen molar-refractivity contribution in [2.45, 2.75) is 19.4 Å². The molecule has 1 atom stereocenters. The van der Waals surface area contributed by atoms with Crippen LogP contribution >= 0.6 is 0 Å². The number of benzene rings is 1. The van der Waals surface area contributed by atoms with E-state index in [-0.39, 0.29) is 0 Å². The zero-order valence-corrected chi connectivity index (χ0v) is 11.4. The van der Waals surface area contributed by atoms with Crippen LogP contribution in [0.15, 0.2) is 24.3 Å². The minimum Gasteiger partial charge on any atom is -0.494 e. The molecule has 5 heteroatoms. The highest BCUT2D eigenvalue weighted by atomic mass is 16.5. The summed E-state index contributed by atoms with van der Waals surface area (Å²) >= 11 is 0. The van der Waals surface area contributed by atoms with E-state index < -0.39 is 12.0 Å². The van der Waals surface area contributed by atoms with Crippen molar-refractivity contribution >= 4 is 5.97 Å². The molecule has 0 saturated heterocycles. The van der Waals surface area contributed by atoms with Crippen LogP contribution in [0.5, 0.6) is 5.75 Å². The second-order valence-electron chi connectivity index (χ2n) is 4.14. The average Bonchev–Trinajstić information content (AvgIpc) is 2.42. The van der Waals surface area contributed by atoms with Gasteiger partial charge in [-0.15, -0.1) is 0 Å². The Morgan fingerprint density at radius 1 is 1.32 bits per heavy atom. The summed E-state index contributed by atoms with van der Waals surface area (Å²) in [6, 6.07) is 6.39. The largest absolute Gasteiger partial charge is 0.494 e. The Morgan fingerprint density at radius 2 is 2.00 bits per heavy atom. The molecule has 1 rings (SSSR count). The van der Waals surface area contributed by atoms with Gasteiger partial charge in [-0.3, -0.25) is 10.1 Å². The predicted octanol–water partition coefficient (Wildman–Crippen LogP) is 1.84. The third kappa shape index (κ3) is 5.28. The van der Waals surface area contributed by atoms with Crippen molar-refractivity contribution in [3.8, 4) is 5.75 Å². The molecule has 5 nitrogen and oxygen atoms in total. The number of ether oxygens (including phenoxy) is 2. The molecule has 0 aliphatic rings. The average molecular weight is 267 g/mol. The van der Waals surface area contributed by atoms with Crippen molar-refractivity contribution in [1.82, 2.24) is 5.32 Å². The van der Waals surface area contributed by atoms with E-state index in [1.807, 2.05) is 6.92 Å². The Bertz CT molecular complexity index is 378. The van der Waals surface area contributed by atoms with E-state index in [1.165, 1.54) is 0 Å². The lowest BCUT2D eigenvalue weighted by atomic mass is 10.1. The molecule has 106 valence electrons. The summed E-state index contributed by atoms with van der Waals surface area (Å²) in [5, 5.41) is 12.1. The Kier molecular flexibility index (Phi) is 6.92. The number of carboxylic acids is 1. The monoisotopic (exact) mass is 267 g/mol. The lowest BCUT2D eigenvalue weighted by molar-refractivity contribution is -0.139. The van der Waals surface area contributed by atoms with Gasteiger partial charge in [0, 0.05) is 13.7 Å². The van der Waals surface area contributed by atoms with Gasteiger partial charge in [0.1, 0.15) is 11.8 Å². The van der Waals surface area contributed by atoms with Crippen LogP contribution in [0.3, 0.4) is 0 Å². The fraction of sp³-hybridized carbons (Fsp3) is 0.500. The second kappa shape index (κ2) is 8.50. The van der Waals surface area contributed by atoms with E-state index in [1.54, 1.807) is 31.4 Å². The molecule has 0 heterocycles. The Balaban J connectivity index is 2.65. The zero-order valence-electron chi connectivity index (χ0n) is 11.4. The maximum absolute atomic E-state index is 11.2. The van der Waals surface area contributed by atoms with Gasteiger partial charge in [0.15, 0.2) is 0 Å². The molecular weight excluding hydrogens is 246 g/mol. The van der Waals surface area contributed by atoms with E-state index in [0.717, 1.165) is 12.2 Å². The van der Waals surface area contributed by atoms with E-state index in [9.17, 15) is 9.90 Å². The van der Waals surface area contributed by atoms with Crippen molar-refractivity contribution < 1.29 is 19.4 Å². The molecule has 1 aromatic carbocycles. The first-order valence-electron chi connectivity index (χ1n) is 6.37. The first-order valence-corrected chi connectivity index (χ1v) is 6.37. The van der Waals surface area contributed by atoms with Gasteiger partial charge in [-0.25, -0.2) is 0 Å². The molecule has 0 aliphatic carbocycles. The van der Waals surface area contributed by atoms with Crippen molar-refractivity contribution in [2.75, 3.05) is 26.9 Å². The number of aliphatic carboxylic acids is 1. The molecule has 0 aromatic heterocycles. The highest BCUT2D eigenvalue weighted by Gasteiger charge is 2.18. The van der Waals surface area contributed by atoms with E-state index in [0.29, 0.717) is 25.3 Å². The van der Waals surface area contributed by atoms with Crippen molar-refractivity contribution in [3.63, 3.8) is 0 Å². The van der Waals surface area contributed by atoms with Crippen LogP contribution in [0.4, 0.5) is 0 Å². The lowest BCUT2D eigenvalue weighted by Gasteiger charge is -2.15. The molecule has 2 N–H and O–H groups in total. The van der Waals surface area contributed by atoms with Crippen LogP contribution < -0.4 is 10.1 Å². The summed E-state index contributed by atoms with van der Waals surface area (Å²) in [6.07, 6.45) is 0.943. The Labute approximate surface area is 113 Å². The highest BCUT2D eigenvalue weighted by Crippen LogP contribution is 2.18. The second-order valence-corrected chi connectivity index (χ2v) is 4.14. The third-order valence-electron chi connectivity index (χ3n) is 2.59. The maximum Gasteiger partial charge on any atom is 0.325 e. The third-order valence-corrected chi connectivity index (χ3v) is 2.59.